The number of hydrogen-bond acceptors (Lipinski definition) is 4. The average molecular weight is 290 g/mol. The van der Waals surface area contributed by atoms with E-state index >= 15 is 0 Å². The van der Waals surface area contributed by atoms with E-state index in [2.05, 4.69) is 0 Å². The maximum absolute atomic E-state index is 12.4. The molecule has 0 bridgehead atoms. The maximum atomic E-state index is 12.4. The summed E-state index contributed by atoms with van der Waals surface area (Å²) in [7, 11) is 0. The first-order valence-electron chi connectivity index (χ1n) is 6.79. The molecule has 0 aliphatic carbocycles. The zero-order chi connectivity index (χ0) is 15.6. The minimum absolute atomic E-state index is 0.0337. The van der Waals surface area contributed by atoms with E-state index in [9.17, 15) is 14.4 Å². The van der Waals surface area contributed by atoms with Gasteiger partial charge in [-0.1, -0.05) is 6.07 Å². The van der Waals surface area contributed by atoms with Crippen LogP contribution in [0.1, 0.15) is 18.1 Å². The number of ether oxygens (including phenoxy) is 1. The second-order valence-corrected chi connectivity index (χ2v) is 4.90. The molecule has 2 aromatic rings. The molecule has 0 fully saturated rings. The lowest BCUT2D eigenvalue weighted by Crippen LogP contribution is -2.28. The quantitative estimate of drug-likeness (QED) is 0.612. The second-order valence-electron chi connectivity index (χ2n) is 4.90. The molecule has 0 amide bonds. The van der Waals surface area contributed by atoms with Gasteiger partial charge >= 0.3 is 11.7 Å². The molecule has 2 rings (SSSR count). The van der Waals surface area contributed by atoms with Gasteiger partial charge in [0.05, 0.1) is 24.2 Å². The van der Waals surface area contributed by atoms with Crippen molar-refractivity contribution >= 4 is 23.3 Å². The first-order valence-corrected chi connectivity index (χ1v) is 6.79. The van der Waals surface area contributed by atoms with Crippen LogP contribution in [0, 0.1) is 13.8 Å². The summed E-state index contributed by atoms with van der Waals surface area (Å²) < 4.78 is 7.65. The Morgan fingerprint density at radius 3 is 2.62 bits per heavy atom. The number of nitrogens with zero attached hydrogens (tertiary/aromatic N) is 2. The van der Waals surface area contributed by atoms with Crippen molar-refractivity contribution in [2.45, 2.75) is 33.9 Å². The SMILES string of the molecule is CCOC(=O)Cn1c(=O)n(CC=O)c2cc(C)cc(C)c21. The Hall–Kier alpha value is -2.37. The van der Waals surface area contributed by atoms with Gasteiger partial charge in [0.2, 0.25) is 0 Å². The lowest BCUT2D eigenvalue weighted by atomic mass is 10.1. The van der Waals surface area contributed by atoms with Crippen LogP contribution < -0.4 is 5.69 Å². The zero-order valence-corrected chi connectivity index (χ0v) is 12.4. The number of rotatable bonds is 5. The van der Waals surface area contributed by atoms with Crippen LogP contribution in [0.4, 0.5) is 0 Å². The standard InChI is InChI=1S/C15H18N2O4/c1-4-21-13(19)9-17-14-11(3)7-10(2)8-12(14)16(5-6-18)15(17)20/h6-8H,4-5,9H2,1-3H3. The summed E-state index contributed by atoms with van der Waals surface area (Å²) in [5.74, 6) is -0.468. The normalized spacial score (nSPS) is 10.8. The molecule has 1 aromatic heterocycles. The van der Waals surface area contributed by atoms with E-state index in [0.29, 0.717) is 17.3 Å². The molecule has 0 N–H and O–H groups in total. The van der Waals surface area contributed by atoms with E-state index in [-0.39, 0.29) is 25.4 Å². The fraction of sp³-hybridized carbons (Fsp3) is 0.400. The Labute approximate surface area is 121 Å². The molecule has 112 valence electrons. The first-order chi connectivity index (χ1) is 9.99. The highest BCUT2D eigenvalue weighted by molar-refractivity contribution is 5.83. The van der Waals surface area contributed by atoms with Crippen molar-refractivity contribution in [1.29, 1.82) is 0 Å². The predicted molar refractivity (Wildman–Crippen MR) is 78.4 cm³/mol. The number of benzene rings is 1. The Kier molecular flexibility index (Phi) is 4.26. The predicted octanol–water partition coefficient (Wildman–Crippen LogP) is 1.18. The molecular formula is C15H18N2O4. The number of carbonyl (C=O) groups is 2. The van der Waals surface area contributed by atoms with Crippen LogP contribution in [0.2, 0.25) is 0 Å². The van der Waals surface area contributed by atoms with Gasteiger partial charge in [-0.25, -0.2) is 4.79 Å². The van der Waals surface area contributed by atoms with Crippen molar-refractivity contribution in [2.24, 2.45) is 0 Å². The van der Waals surface area contributed by atoms with Gasteiger partial charge in [0.25, 0.3) is 0 Å². The Bertz CT molecular complexity index is 755. The number of imidazole rings is 1. The van der Waals surface area contributed by atoms with Crippen LogP contribution in [-0.2, 0) is 27.4 Å². The van der Waals surface area contributed by atoms with Crippen LogP contribution in [0.25, 0.3) is 11.0 Å². The molecule has 1 aromatic carbocycles. The lowest BCUT2D eigenvalue weighted by molar-refractivity contribution is -0.143. The van der Waals surface area contributed by atoms with Crippen LogP contribution in [-0.4, -0.2) is 28.0 Å². The molecule has 6 heteroatoms. The fourth-order valence-electron chi connectivity index (χ4n) is 2.57. The fourth-order valence-corrected chi connectivity index (χ4v) is 2.57. The number of aldehydes is 1. The third-order valence-electron chi connectivity index (χ3n) is 3.30. The Morgan fingerprint density at radius 1 is 1.29 bits per heavy atom. The van der Waals surface area contributed by atoms with Crippen LogP contribution >= 0.6 is 0 Å². The topological polar surface area (TPSA) is 70.3 Å². The van der Waals surface area contributed by atoms with Crippen molar-refractivity contribution < 1.29 is 14.3 Å². The van der Waals surface area contributed by atoms with Gasteiger partial charge in [0.1, 0.15) is 12.8 Å². The van der Waals surface area contributed by atoms with Crippen LogP contribution in [0.3, 0.4) is 0 Å². The molecule has 0 aliphatic rings. The summed E-state index contributed by atoms with van der Waals surface area (Å²) in [5.41, 5.74) is 2.83. The largest absolute Gasteiger partial charge is 0.465 e. The summed E-state index contributed by atoms with van der Waals surface area (Å²) in [6.45, 7) is 5.59. The summed E-state index contributed by atoms with van der Waals surface area (Å²) in [6, 6.07) is 3.78. The number of hydrogen-bond donors (Lipinski definition) is 0. The van der Waals surface area contributed by atoms with Crippen LogP contribution in [0.5, 0.6) is 0 Å². The van der Waals surface area contributed by atoms with Gasteiger partial charge in [-0.3, -0.25) is 13.9 Å². The van der Waals surface area contributed by atoms with Gasteiger partial charge in [0, 0.05) is 0 Å². The number of aryl methyl sites for hydroxylation is 2. The highest BCUT2D eigenvalue weighted by Gasteiger charge is 2.17. The van der Waals surface area contributed by atoms with Gasteiger partial charge in [-0.05, 0) is 38.0 Å². The summed E-state index contributed by atoms with van der Waals surface area (Å²) >= 11 is 0. The minimum Gasteiger partial charge on any atom is -0.465 e. The van der Waals surface area contributed by atoms with E-state index in [1.807, 2.05) is 26.0 Å². The third-order valence-corrected chi connectivity index (χ3v) is 3.30. The zero-order valence-electron chi connectivity index (χ0n) is 12.4. The van der Waals surface area contributed by atoms with Crippen molar-refractivity contribution in [3.05, 3.63) is 33.7 Å². The monoisotopic (exact) mass is 290 g/mol. The Balaban J connectivity index is 2.69. The van der Waals surface area contributed by atoms with E-state index in [1.165, 1.54) is 9.13 Å². The molecule has 0 saturated carbocycles. The maximum Gasteiger partial charge on any atom is 0.330 e. The molecular weight excluding hydrogens is 272 g/mol. The molecule has 0 spiro atoms. The van der Waals surface area contributed by atoms with Gasteiger partial charge in [0.15, 0.2) is 0 Å². The van der Waals surface area contributed by atoms with E-state index < -0.39 is 5.97 Å². The molecule has 0 saturated heterocycles. The van der Waals surface area contributed by atoms with Gasteiger partial charge < -0.3 is 9.53 Å². The number of carbonyl (C=O) groups excluding carboxylic acids is 2. The molecule has 21 heavy (non-hydrogen) atoms. The highest BCUT2D eigenvalue weighted by Crippen LogP contribution is 2.20. The second kappa shape index (κ2) is 5.95. The van der Waals surface area contributed by atoms with Crippen molar-refractivity contribution in [1.82, 2.24) is 9.13 Å². The van der Waals surface area contributed by atoms with Crippen molar-refractivity contribution in [3.63, 3.8) is 0 Å². The van der Waals surface area contributed by atoms with Crippen molar-refractivity contribution in [2.75, 3.05) is 6.61 Å². The molecule has 0 atom stereocenters. The van der Waals surface area contributed by atoms with E-state index in [4.69, 9.17) is 4.74 Å². The van der Waals surface area contributed by atoms with Gasteiger partial charge in [-0.2, -0.15) is 0 Å². The number of esters is 1. The third kappa shape index (κ3) is 2.74. The van der Waals surface area contributed by atoms with E-state index in [1.54, 1.807) is 6.92 Å². The highest BCUT2D eigenvalue weighted by atomic mass is 16.5. The summed E-state index contributed by atoms with van der Waals surface area (Å²) in [5, 5.41) is 0. The van der Waals surface area contributed by atoms with Crippen LogP contribution in [0.15, 0.2) is 16.9 Å². The molecule has 0 unspecified atom stereocenters. The van der Waals surface area contributed by atoms with E-state index in [0.717, 1.165) is 11.1 Å². The molecule has 1 heterocycles. The smallest absolute Gasteiger partial charge is 0.330 e. The lowest BCUT2D eigenvalue weighted by Gasteiger charge is -2.06. The average Bonchev–Trinajstić information content (AvgIpc) is 2.65. The van der Waals surface area contributed by atoms with Crippen molar-refractivity contribution in [3.8, 4) is 0 Å². The number of aromatic nitrogens is 2. The minimum atomic E-state index is -0.468. The Morgan fingerprint density at radius 2 is 2.00 bits per heavy atom. The first kappa shape index (κ1) is 15.0. The van der Waals surface area contributed by atoms with Gasteiger partial charge in [-0.15, -0.1) is 0 Å². The molecule has 0 radical (unpaired) electrons. The number of fused-ring (bicyclic) bond motifs is 1. The summed E-state index contributed by atoms with van der Waals surface area (Å²) in [6.07, 6.45) is 0.674. The molecule has 6 nitrogen and oxygen atoms in total. The summed E-state index contributed by atoms with van der Waals surface area (Å²) in [4.78, 5) is 34.9. The molecule has 0 aliphatic heterocycles.